The van der Waals surface area contributed by atoms with Gasteiger partial charge in [-0.05, 0) is 28.1 Å². The molecule has 0 aliphatic heterocycles. The molecular formula is C11H10BrClN2O2S. The standard InChI is InChI=1S/C11H10BrClN2O2S/c1-17-8(16)4-5-18-7-3-2-6-10(9(7)13)14-15-11(6)12/h2-3H,4-5H2,1H3,(H,14,15). The molecule has 0 unspecified atom stereocenters. The van der Waals surface area contributed by atoms with Gasteiger partial charge in [-0.2, -0.15) is 5.10 Å². The molecule has 7 heteroatoms. The average molecular weight is 350 g/mol. The number of aromatic nitrogens is 2. The van der Waals surface area contributed by atoms with Crippen LogP contribution in [0.2, 0.25) is 5.02 Å². The first-order valence-corrected chi connectivity index (χ1v) is 7.31. The Bertz CT molecular complexity index is 588. The van der Waals surface area contributed by atoms with Crippen LogP contribution >= 0.6 is 39.3 Å². The number of hydrogen-bond acceptors (Lipinski definition) is 4. The number of rotatable bonds is 4. The van der Waals surface area contributed by atoms with E-state index in [1.54, 1.807) is 0 Å². The number of halogens is 2. The summed E-state index contributed by atoms with van der Waals surface area (Å²) in [6.07, 6.45) is 0.363. The fourth-order valence-corrected chi connectivity index (χ4v) is 3.13. The van der Waals surface area contributed by atoms with E-state index < -0.39 is 0 Å². The maximum Gasteiger partial charge on any atom is 0.306 e. The molecule has 18 heavy (non-hydrogen) atoms. The highest BCUT2D eigenvalue weighted by Gasteiger charge is 2.11. The largest absolute Gasteiger partial charge is 0.469 e. The van der Waals surface area contributed by atoms with Gasteiger partial charge >= 0.3 is 5.97 Å². The Hall–Kier alpha value is -0.720. The molecule has 1 aromatic heterocycles. The van der Waals surface area contributed by atoms with E-state index >= 15 is 0 Å². The van der Waals surface area contributed by atoms with Crippen LogP contribution in [-0.4, -0.2) is 29.0 Å². The monoisotopic (exact) mass is 348 g/mol. The van der Waals surface area contributed by atoms with Crippen LogP contribution in [0, 0.1) is 0 Å². The summed E-state index contributed by atoms with van der Waals surface area (Å²) in [4.78, 5) is 11.9. The van der Waals surface area contributed by atoms with Crippen molar-refractivity contribution in [1.29, 1.82) is 0 Å². The first-order chi connectivity index (χ1) is 8.63. The summed E-state index contributed by atoms with van der Waals surface area (Å²) in [5.41, 5.74) is 0.798. The molecule has 0 aliphatic carbocycles. The quantitative estimate of drug-likeness (QED) is 0.676. The summed E-state index contributed by atoms with van der Waals surface area (Å²) < 4.78 is 5.33. The van der Waals surface area contributed by atoms with E-state index in [2.05, 4.69) is 30.9 Å². The van der Waals surface area contributed by atoms with E-state index in [1.807, 2.05) is 12.1 Å². The summed E-state index contributed by atoms with van der Waals surface area (Å²) in [5.74, 6) is 0.414. The number of nitrogens with one attached hydrogen (secondary N) is 1. The Balaban J connectivity index is 2.14. The number of hydrogen-bond donors (Lipinski definition) is 1. The Morgan fingerprint density at radius 3 is 3.11 bits per heavy atom. The van der Waals surface area contributed by atoms with Crippen molar-refractivity contribution >= 4 is 56.2 Å². The molecule has 0 spiro atoms. The third kappa shape index (κ3) is 2.81. The van der Waals surface area contributed by atoms with Crippen molar-refractivity contribution < 1.29 is 9.53 Å². The Labute approximate surface area is 122 Å². The Kier molecular flexibility index (Phi) is 4.53. The maximum absolute atomic E-state index is 11.0. The van der Waals surface area contributed by atoms with Crippen molar-refractivity contribution in [1.82, 2.24) is 10.2 Å². The number of nitrogens with zero attached hydrogens (tertiary/aromatic N) is 1. The molecule has 0 atom stereocenters. The van der Waals surface area contributed by atoms with Gasteiger partial charge in [-0.1, -0.05) is 11.6 Å². The molecule has 2 aromatic rings. The molecule has 1 N–H and O–H groups in total. The smallest absolute Gasteiger partial charge is 0.306 e. The van der Waals surface area contributed by atoms with Gasteiger partial charge in [-0.15, -0.1) is 11.8 Å². The number of thioether (sulfide) groups is 1. The van der Waals surface area contributed by atoms with Crippen molar-refractivity contribution in [2.24, 2.45) is 0 Å². The number of benzene rings is 1. The van der Waals surface area contributed by atoms with E-state index in [1.165, 1.54) is 18.9 Å². The van der Waals surface area contributed by atoms with Gasteiger partial charge in [0.15, 0.2) is 0 Å². The SMILES string of the molecule is COC(=O)CCSc1ccc2c(Br)n[nH]c2c1Cl. The summed E-state index contributed by atoms with van der Waals surface area (Å²) >= 11 is 11.1. The molecule has 0 radical (unpaired) electrons. The average Bonchev–Trinajstić information content (AvgIpc) is 2.74. The van der Waals surface area contributed by atoms with Crippen molar-refractivity contribution in [3.8, 4) is 0 Å². The van der Waals surface area contributed by atoms with Crippen LogP contribution in [0.5, 0.6) is 0 Å². The van der Waals surface area contributed by atoms with E-state index in [9.17, 15) is 4.79 Å². The van der Waals surface area contributed by atoms with E-state index in [4.69, 9.17) is 11.6 Å². The highest BCUT2D eigenvalue weighted by Crippen LogP contribution is 2.35. The number of methoxy groups -OCH3 is 1. The fourth-order valence-electron chi connectivity index (χ4n) is 1.46. The zero-order valence-electron chi connectivity index (χ0n) is 9.50. The van der Waals surface area contributed by atoms with E-state index in [0.29, 0.717) is 17.2 Å². The van der Waals surface area contributed by atoms with Crippen LogP contribution < -0.4 is 0 Å². The van der Waals surface area contributed by atoms with Gasteiger partial charge in [-0.3, -0.25) is 9.89 Å². The van der Waals surface area contributed by atoms with Crippen LogP contribution in [0.3, 0.4) is 0 Å². The highest BCUT2D eigenvalue weighted by molar-refractivity contribution is 9.10. The molecule has 1 heterocycles. The summed E-state index contributed by atoms with van der Waals surface area (Å²) in [6.45, 7) is 0. The third-order valence-corrected chi connectivity index (χ3v) is 4.55. The van der Waals surface area contributed by atoms with Crippen LogP contribution in [0.25, 0.3) is 10.9 Å². The minimum absolute atomic E-state index is 0.219. The normalized spacial score (nSPS) is 10.8. The van der Waals surface area contributed by atoms with Crippen LogP contribution in [0.15, 0.2) is 21.6 Å². The molecular weight excluding hydrogens is 340 g/mol. The minimum atomic E-state index is -0.219. The van der Waals surface area contributed by atoms with Crippen LogP contribution in [0.1, 0.15) is 6.42 Å². The fraction of sp³-hybridized carbons (Fsp3) is 0.273. The van der Waals surface area contributed by atoms with Crippen molar-refractivity contribution in [2.75, 3.05) is 12.9 Å². The number of carbonyl (C=O) groups is 1. The molecule has 0 bridgehead atoms. The zero-order chi connectivity index (χ0) is 13.1. The Morgan fingerprint density at radius 1 is 1.61 bits per heavy atom. The molecule has 2 rings (SSSR count). The predicted octanol–water partition coefficient (Wildman–Crippen LogP) is 3.63. The predicted molar refractivity (Wildman–Crippen MR) is 76.2 cm³/mol. The topological polar surface area (TPSA) is 55.0 Å². The first kappa shape index (κ1) is 13.7. The Morgan fingerprint density at radius 2 is 2.39 bits per heavy atom. The molecule has 1 aromatic carbocycles. The highest BCUT2D eigenvalue weighted by atomic mass is 79.9. The van der Waals surface area contributed by atoms with Crippen molar-refractivity contribution in [2.45, 2.75) is 11.3 Å². The van der Waals surface area contributed by atoms with Gasteiger partial charge in [0.1, 0.15) is 4.60 Å². The molecule has 0 amide bonds. The molecule has 0 saturated heterocycles. The lowest BCUT2D eigenvalue weighted by atomic mass is 10.2. The molecule has 0 fully saturated rings. The van der Waals surface area contributed by atoms with Gasteiger partial charge in [0, 0.05) is 16.0 Å². The number of aromatic amines is 1. The number of fused-ring (bicyclic) bond motifs is 1. The number of carbonyl (C=O) groups excluding carboxylic acids is 1. The van der Waals surface area contributed by atoms with Crippen LogP contribution in [0.4, 0.5) is 0 Å². The van der Waals surface area contributed by atoms with Gasteiger partial charge in [-0.25, -0.2) is 0 Å². The van der Waals surface area contributed by atoms with E-state index in [-0.39, 0.29) is 5.97 Å². The third-order valence-electron chi connectivity index (χ3n) is 2.39. The lowest BCUT2D eigenvalue weighted by Crippen LogP contribution is -2.00. The molecule has 0 saturated carbocycles. The second-order valence-corrected chi connectivity index (χ2v) is 5.76. The summed E-state index contributed by atoms with van der Waals surface area (Å²) in [5, 5.41) is 8.48. The minimum Gasteiger partial charge on any atom is -0.469 e. The van der Waals surface area contributed by atoms with E-state index in [0.717, 1.165) is 20.4 Å². The molecule has 96 valence electrons. The zero-order valence-corrected chi connectivity index (χ0v) is 12.7. The van der Waals surface area contributed by atoms with Crippen LogP contribution in [-0.2, 0) is 9.53 Å². The first-order valence-electron chi connectivity index (χ1n) is 5.15. The number of ether oxygens (including phenoxy) is 1. The van der Waals surface area contributed by atoms with Gasteiger partial charge in [0.2, 0.25) is 0 Å². The lowest BCUT2D eigenvalue weighted by Gasteiger charge is -2.04. The van der Waals surface area contributed by atoms with Gasteiger partial charge in [0.05, 0.1) is 24.1 Å². The summed E-state index contributed by atoms with van der Waals surface area (Å²) in [7, 11) is 1.38. The van der Waals surface area contributed by atoms with Gasteiger partial charge in [0.25, 0.3) is 0 Å². The lowest BCUT2D eigenvalue weighted by molar-refractivity contribution is -0.140. The van der Waals surface area contributed by atoms with Crippen molar-refractivity contribution in [3.63, 3.8) is 0 Å². The number of esters is 1. The van der Waals surface area contributed by atoms with Crippen molar-refractivity contribution in [3.05, 3.63) is 21.8 Å². The second-order valence-electron chi connectivity index (χ2n) is 3.49. The number of H-pyrrole nitrogens is 1. The maximum atomic E-state index is 11.0. The molecule has 0 aliphatic rings. The second kappa shape index (κ2) is 5.95. The summed E-state index contributed by atoms with van der Waals surface area (Å²) in [6, 6.07) is 3.86. The molecule has 4 nitrogen and oxygen atoms in total. The van der Waals surface area contributed by atoms with Gasteiger partial charge < -0.3 is 4.74 Å².